The van der Waals surface area contributed by atoms with Crippen LogP contribution in [0.4, 0.5) is 11.5 Å². The van der Waals surface area contributed by atoms with Gasteiger partial charge in [-0.1, -0.05) is 6.07 Å². The van der Waals surface area contributed by atoms with Crippen LogP contribution < -0.4 is 15.0 Å². The Balaban J connectivity index is 1.41. The lowest BCUT2D eigenvalue weighted by molar-refractivity contribution is -0.142. The lowest BCUT2D eigenvalue weighted by Crippen LogP contribution is -2.24. The number of hydrogen-bond donors (Lipinski definition) is 1. The quantitative estimate of drug-likeness (QED) is 0.512. The first-order chi connectivity index (χ1) is 13.3. The van der Waals surface area contributed by atoms with Gasteiger partial charge in [0.05, 0.1) is 19.6 Å². The average molecular weight is 369 g/mol. The fourth-order valence-electron chi connectivity index (χ4n) is 3.17. The Morgan fingerprint density at radius 2 is 2.22 bits per heavy atom. The Hall–Kier alpha value is -2.76. The van der Waals surface area contributed by atoms with E-state index in [2.05, 4.69) is 27.3 Å². The van der Waals surface area contributed by atoms with E-state index in [1.165, 1.54) is 11.3 Å². The van der Waals surface area contributed by atoms with Crippen LogP contribution in [-0.2, 0) is 16.0 Å². The largest absolute Gasteiger partial charge is 0.494 e. The van der Waals surface area contributed by atoms with Gasteiger partial charge in [-0.15, -0.1) is 0 Å². The summed E-state index contributed by atoms with van der Waals surface area (Å²) >= 11 is 0. The second-order valence-electron chi connectivity index (χ2n) is 6.43. The fraction of sp³-hybridized carbons (Fsp3) is 0.429. The summed E-state index contributed by atoms with van der Waals surface area (Å²) in [6.45, 7) is 5.39. The molecule has 3 rings (SSSR count). The number of fused-ring (bicyclic) bond motifs is 1. The summed E-state index contributed by atoms with van der Waals surface area (Å²) in [5.41, 5.74) is 2.48. The van der Waals surface area contributed by atoms with E-state index in [0.29, 0.717) is 26.2 Å². The van der Waals surface area contributed by atoms with Crippen molar-refractivity contribution in [3.05, 3.63) is 48.2 Å². The maximum absolute atomic E-state index is 11.6. The van der Waals surface area contributed by atoms with Crippen molar-refractivity contribution in [1.82, 2.24) is 4.98 Å². The summed E-state index contributed by atoms with van der Waals surface area (Å²) in [6.07, 6.45) is 4.09. The van der Waals surface area contributed by atoms with Gasteiger partial charge in [0.25, 0.3) is 0 Å². The number of nitrogens with zero attached hydrogens (tertiary/aromatic N) is 2. The lowest BCUT2D eigenvalue weighted by atomic mass is 10.1. The average Bonchev–Trinajstić information content (AvgIpc) is 3.09. The molecule has 1 aromatic heterocycles. The Morgan fingerprint density at radius 3 is 3.04 bits per heavy atom. The summed E-state index contributed by atoms with van der Waals surface area (Å²) in [4.78, 5) is 18.0. The highest BCUT2D eigenvalue weighted by Gasteiger charge is 2.20. The van der Waals surface area contributed by atoms with Gasteiger partial charge in [0, 0.05) is 31.5 Å². The highest BCUT2D eigenvalue weighted by Crippen LogP contribution is 2.31. The van der Waals surface area contributed by atoms with Gasteiger partial charge in [-0.3, -0.25) is 4.79 Å². The van der Waals surface area contributed by atoms with Crippen LogP contribution >= 0.6 is 0 Å². The van der Waals surface area contributed by atoms with Crippen LogP contribution in [0.15, 0.2) is 42.6 Å². The molecule has 0 atom stereocenters. The molecule has 27 heavy (non-hydrogen) atoms. The minimum Gasteiger partial charge on any atom is -0.494 e. The summed E-state index contributed by atoms with van der Waals surface area (Å²) < 4.78 is 10.9. The number of carbonyl (C=O) groups is 1. The van der Waals surface area contributed by atoms with Crippen LogP contribution in [0, 0.1) is 0 Å². The highest BCUT2D eigenvalue weighted by molar-refractivity contribution is 5.71. The molecule has 1 aromatic carbocycles. The number of nitrogens with one attached hydrogen (secondary N) is 1. The minimum absolute atomic E-state index is 0.134. The maximum atomic E-state index is 11.6. The highest BCUT2D eigenvalue weighted by atomic mass is 16.5. The zero-order valence-corrected chi connectivity index (χ0v) is 15.8. The van der Waals surface area contributed by atoms with Crippen molar-refractivity contribution in [2.75, 3.05) is 43.1 Å². The minimum atomic E-state index is -0.134. The van der Waals surface area contributed by atoms with Crippen LogP contribution in [-0.4, -0.2) is 43.8 Å². The van der Waals surface area contributed by atoms with Crippen LogP contribution in [0.2, 0.25) is 0 Å². The Bertz CT molecular complexity index is 737. The maximum Gasteiger partial charge on any atom is 0.307 e. The number of hydrogen-bond acceptors (Lipinski definition) is 6. The van der Waals surface area contributed by atoms with E-state index in [0.717, 1.165) is 37.5 Å². The number of aromatic nitrogens is 1. The first-order valence-electron chi connectivity index (χ1n) is 9.57. The van der Waals surface area contributed by atoms with E-state index in [4.69, 9.17) is 9.47 Å². The fourth-order valence-corrected chi connectivity index (χ4v) is 3.17. The number of ether oxygens (including phenoxy) is 2. The Labute approximate surface area is 160 Å². The molecule has 0 amide bonds. The van der Waals surface area contributed by atoms with Crippen molar-refractivity contribution >= 4 is 17.5 Å². The van der Waals surface area contributed by atoms with Crippen molar-refractivity contribution < 1.29 is 14.3 Å². The number of benzene rings is 1. The molecule has 6 heteroatoms. The van der Waals surface area contributed by atoms with E-state index in [9.17, 15) is 4.79 Å². The number of carbonyl (C=O) groups excluding carboxylic acids is 1. The molecular formula is C21H27N3O3. The number of anilines is 2. The van der Waals surface area contributed by atoms with Crippen LogP contribution in [0.5, 0.6) is 5.75 Å². The van der Waals surface area contributed by atoms with Crippen LogP contribution in [0.1, 0.15) is 25.3 Å². The lowest BCUT2D eigenvalue weighted by Gasteiger charge is -2.19. The number of rotatable bonds is 10. The molecule has 2 aromatic rings. The smallest absolute Gasteiger partial charge is 0.307 e. The summed E-state index contributed by atoms with van der Waals surface area (Å²) in [7, 11) is 0. The molecule has 0 unspecified atom stereocenters. The molecule has 0 saturated carbocycles. The van der Waals surface area contributed by atoms with E-state index in [1.807, 2.05) is 31.2 Å². The molecule has 0 spiro atoms. The van der Waals surface area contributed by atoms with E-state index < -0.39 is 0 Å². The Morgan fingerprint density at radius 1 is 1.30 bits per heavy atom. The van der Waals surface area contributed by atoms with Gasteiger partial charge < -0.3 is 19.7 Å². The summed E-state index contributed by atoms with van der Waals surface area (Å²) in [5, 5.41) is 3.27. The zero-order chi connectivity index (χ0) is 18.9. The van der Waals surface area contributed by atoms with Gasteiger partial charge in [-0.25, -0.2) is 4.98 Å². The molecule has 0 saturated heterocycles. The van der Waals surface area contributed by atoms with E-state index >= 15 is 0 Å². The van der Waals surface area contributed by atoms with Crippen molar-refractivity contribution in [3.63, 3.8) is 0 Å². The van der Waals surface area contributed by atoms with Crippen LogP contribution in [0.25, 0.3) is 0 Å². The van der Waals surface area contributed by atoms with E-state index in [-0.39, 0.29) is 5.97 Å². The molecule has 0 aliphatic carbocycles. The SMILES string of the molecule is CCOC(=O)CCN1CCc2cc(OCCCNc3ccccn3)ccc21. The van der Waals surface area contributed by atoms with Gasteiger partial charge in [-0.2, -0.15) is 0 Å². The molecular weight excluding hydrogens is 342 g/mol. The molecule has 6 nitrogen and oxygen atoms in total. The van der Waals surface area contributed by atoms with E-state index in [1.54, 1.807) is 6.20 Å². The van der Waals surface area contributed by atoms with Gasteiger partial charge in [0.1, 0.15) is 11.6 Å². The second kappa shape index (κ2) is 9.80. The molecule has 2 heterocycles. The van der Waals surface area contributed by atoms with Crippen LogP contribution in [0.3, 0.4) is 0 Å². The molecule has 0 radical (unpaired) electrons. The van der Waals surface area contributed by atoms with Gasteiger partial charge in [-0.05, 0) is 55.7 Å². The predicted molar refractivity (Wildman–Crippen MR) is 106 cm³/mol. The Kier molecular flexibility index (Phi) is 6.90. The van der Waals surface area contributed by atoms with Gasteiger partial charge >= 0.3 is 5.97 Å². The third-order valence-electron chi connectivity index (χ3n) is 4.49. The summed E-state index contributed by atoms with van der Waals surface area (Å²) in [5.74, 6) is 1.65. The molecule has 1 aliphatic rings. The first-order valence-corrected chi connectivity index (χ1v) is 9.57. The monoisotopic (exact) mass is 369 g/mol. The van der Waals surface area contributed by atoms with Crippen molar-refractivity contribution in [2.45, 2.75) is 26.2 Å². The molecule has 1 aliphatic heterocycles. The van der Waals surface area contributed by atoms with Crippen molar-refractivity contribution in [3.8, 4) is 5.75 Å². The summed E-state index contributed by atoms with van der Waals surface area (Å²) in [6, 6.07) is 12.0. The van der Waals surface area contributed by atoms with Crippen molar-refractivity contribution in [1.29, 1.82) is 0 Å². The number of esters is 1. The second-order valence-corrected chi connectivity index (χ2v) is 6.43. The third kappa shape index (κ3) is 5.61. The molecule has 144 valence electrons. The zero-order valence-electron chi connectivity index (χ0n) is 15.8. The third-order valence-corrected chi connectivity index (χ3v) is 4.49. The standard InChI is InChI=1S/C21H27N3O3/c1-2-26-21(25)10-14-24-13-9-17-16-18(7-8-19(17)24)27-15-5-12-23-20-6-3-4-11-22-20/h3-4,6-8,11,16H,2,5,9-10,12-15H2,1H3,(H,22,23). The predicted octanol–water partition coefficient (Wildman–Crippen LogP) is 3.28. The molecule has 1 N–H and O–H groups in total. The van der Waals surface area contributed by atoms with Crippen molar-refractivity contribution in [2.24, 2.45) is 0 Å². The van der Waals surface area contributed by atoms with Gasteiger partial charge in [0.15, 0.2) is 0 Å². The first kappa shape index (κ1) is 19.0. The number of pyridine rings is 1. The normalized spacial score (nSPS) is 12.6. The topological polar surface area (TPSA) is 63.7 Å². The molecule has 0 fully saturated rings. The molecule has 0 bridgehead atoms. The van der Waals surface area contributed by atoms with Gasteiger partial charge in [0.2, 0.25) is 0 Å².